The summed E-state index contributed by atoms with van der Waals surface area (Å²) in [6.45, 7) is 0.572. The summed E-state index contributed by atoms with van der Waals surface area (Å²) in [5, 5.41) is 1.79. The molecule has 2 aliphatic rings. The lowest BCUT2D eigenvalue weighted by atomic mass is 10.0. The highest BCUT2D eigenvalue weighted by molar-refractivity contribution is 8.00. The molecule has 0 spiro atoms. The number of esters is 1. The molecular formula is C20H19Cl3N2O8S. The van der Waals surface area contributed by atoms with Gasteiger partial charge in [-0.15, -0.1) is 0 Å². The number of ether oxygens (including phenoxy) is 4. The number of methoxy groups -OCH3 is 1. The Balaban J connectivity index is 1.74. The molecule has 2 aliphatic heterocycles. The summed E-state index contributed by atoms with van der Waals surface area (Å²) in [5.41, 5.74) is -0.966. The number of benzene rings is 1. The third kappa shape index (κ3) is 6.21. The summed E-state index contributed by atoms with van der Waals surface area (Å²) < 4.78 is 18.3. The van der Waals surface area contributed by atoms with E-state index in [9.17, 15) is 19.2 Å². The Kier molecular flexibility index (Phi) is 8.45. The van der Waals surface area contributed by atoms with Crippen LogP contribution in [0.3, 0.4) is 0 Å². The van der Waals surface area contributed by atoms with Crippen LogP contribution in [0, 0.1) is 0 Å². The van der Waals surface area contributed by atoms with Gasteiger partial charge < -0.3 is 24.3 Å². The molecule has 1 N–H and O–H groups in total. The first-order valence-electron chi connectivity index (χ1n) is 9.67. The Labute approximate surface area is 213 Å². The molecule has 1 aromatic rings. The molecule has 34 heavy (non-hydrogen) atoms. The molecule has 0 aliphatic carbocycles. The third-order valence-corrected chi connectivity index (χ3v) is 6.42. The van der Waals surface area contributed by atoms with Crippen LogP contribution >= 0.6 is 46.6 Å². The molecule has 2 heterocycles. The largest absolute Gasteiger partial charge is 0.509 e. The molecule has 10 nitrogen and oxygen atoms in total. The van der Waals surface area contributed by atoms with Crippen LogP contribution in [-0.2, 0) is 28.6 Å². The highest BCUT2D eigenvalue weighted by atomic mass is 35.6. The van der Waals surface area contributed by atoms with Crippen LogP contribution in [0.15, 0.2) is 41.6 Å². The van der Waals surface area contributed by atoms with Gasteiger partial charge in [-0.2, -0.15) is 0 Å². The molecule has 14 heteroatoms. The number of fused-ring (bicyclic) bond motifs is 1. The molecule has 1 fully saturated rings. The molecule has 2 amide bonds. The van der Waals surface area contributed by atoms with E-state index >= 15 is 0 Å². The summed E-state index contributed by atoms with van der Waals surface area (Å²) in [6, 6.07) is 7.64. The minimum atomic E-state index is -1.87. The molecule has 0 aromatic heterocycles. The molecule has 1 unspecified atom stereocenters. The van der Waals surface area contributed by atoms with Crippen LogP contribution in [0.2, 0.25) is 0 Å². The van der Waals surface area contributed by atoms with E-state index in [1.54, 1.807) is 30.3 Å². The van der Waals surface area contributed by atoms with Gasteiger partial charge in [0.25, 0.3) is 11.8 Å². The van der Waals surface area contributed by atoms with Crippen LogP contribution in [0.4, 0.5) is 4.79 Å². The quantitative estimate of drug-likeness (QED) is 0.309. The Morgan fingerprint density at radius 2 is 1.85 bits per heavy atom. The topological polar surface area (TPSA) is 120 Å². The van der Waals surface area contributed by atoms with Gasteiger partial charge in [0, 0.05) is 5.57 Å². The van der Waals surface area contributed by atoms with Crippen molar-refractivity contribution in [2.24, 2.45) is 0 Å². The number of alkyl halides is 3. The second kappa shape index (κ2) is 10.9. The number of β-lactam (4-membered cyclic amide) rings is 1. The standard InChI is InChI=1S/C20H19Cl3N2O8S/c1-10-14(17(28)32-9-20(21,22)23)25-15(27)13(16(25)34-18(10)33-19(29)30-2)24-12(26)8-31-11-6-4-3-5-7-11/h3-7,13,16,18H,8-9H2,1-2H3,(H,24,26)/t13?,16-,18-/m1/s1. The Morgan fingerprint density at radius 1 is 1.18 bits per heavy atom. The van der Waals surface area contributed by atoms with Crippen molar-refractivity contribution in [3.8, 4) is 5.75 Å². The summed E-state index contributed by atoms with van der Waals surface area (Å²) in [6.07, 6.45) is -0.998. The van der Waals surface area contributed by atoms with Gasteiger partial charge in [0.1, 0.15) is 29.5 Å². The van der Waals surface area contributed by atoms with Crippen molar-refractivity contribution in [3.63, 3.8) is 0 Å². The highest BCUT2D eigenvalue weighted by Gasteiger charge is 2.57. The fourth-order valence-electron chi connectivity index (χ4n) is 3.11. The maximum Gasteiger partial charge on any atom is 0.509 e. The van der Waals surface area contributed by atoms with Crippen molar-refractivity contribution < 1.29 is 38.1 Å². The zero-order valence-corrected chi connectivity index (χ0v) is 20.9. The van der Waals surface area contributed by atoms with Crippen LogP contribution in [0.25, 0.3) is 0 Å². The number of hydrogen-bond donors (Lipinski definition) is 1. The van der Waals surface area contributed by atoms with E-state index in [4.69, 9.17) is 49.0 Å². The van der Waals surface area contributed by atoms with Crippen molar-refractivity contribution >= 4 is 70.5 Å². The summed E-state index contributed by atoms with van der Waals surface area (Å²) >= 11 is 17.9. The molecular weight excluding hydrogens is 535 g/mol. The number of hydrogen-bond acceptors (Lipinski definition) is 9. The van der Waals surface area contributed by atoms with E-state index in [-0.39, 0.29) is 17.9 Å². The van der Waals surface area contributed by atoms with E-state index < -0.39 is 51.2 Å². The third-order valence-electron chi connectivity index (χ3n) is 4.63. The number of thioether (sulfide) groups is 1. The number of carbonyl (C=O) groups excluding carboxylic acids is 4. The maximum absolute atomic E-state index is 12.9. The van der Waals surface area contributed by atoms with Gasteiger partial charge in [-0.05, 0) is 19.1 Å². The van der Waals surface area contributed by atoms with Gasteiger partial charge in [0.05, 0.1) is 7.11 Å². The van der Waals surface area contributed by atoms with Gasteiger partial charge in [0.2, 0.25) is 3.79 Å². The second-order valence-corrected chi connectivity index (χ2v) is 10.7. The SMILES string of the molecule is COC(=O)O[C@@H]1S[C@@H]2C(NC(=O)COc3ccccc3)C(=O)N2C(C(=O)OCC(Cl)(Cl)Cl)=C1C. The van der Waals surface area contributed by atoms with E-state index in [0.29, 0.717) is 5.75 Å². The van der Waals surface area contributed by atoms with Gasteiger partial charge in [-0.25, -0.2) is 9.59 Å². The number of carbonyl (C=O) groups is 4. The zero-order chi connectivity index (χ0) is 25.0. The fraction of sp³-hybridized carbons (Fsp3) is 0.400. The van der Waals surface area contributed by atoms with Gasteiger partial charge in [0.15, 0.2) is 12.0 Å². The average Bonchev–Trinajstić information content (AvgIpc) is 2.80. The average molecular weight is 554 g/mol. The Morgan fingerprint density at radius 3 is 2.47 bits per heavy atom. The maximum atomic E-state index is 12.9. The number of para-hydroxylation sites is 1. The Hall–Kier alpha value is -2.34. The van der Waals surface area contributed by atoms with Gasteiger partial charge in [-0.3, -0.25) is 14.5 Å². The summed E-state index contributed by atoms with van der Waals surface area (Å²) in [7, 11) is 1.12. The lowest BCUT2D eigenvalue weighted by Crippen LogP contribution is -2.71. The molecule has 0 saturated carbocycles. The molecule has 184 valence electrons. The van der Waals surface area contributed by atoms with E-state index in [1.165, 1.54) is 6.92 Å². The molecule has 3 atom stereocenters. The number of halogens is 3. The first-order valence-corrected chi connectivity index (χ1v) is 11.7. The van der Waals surface area contributed by atoms with Crippen LogP contribution in [0.5, 0.6) is 5.75 Å². The summed E-state index contributed by atoms with van der Waals surface area (Å²) in [4.78, 5) is 50.8. The minimum Gasteiger partial charge on any atom is -0.484 e. The Bertz CT molecular complexity index is 1000. The fourth-order valence-corrected chi connectivity index (χ4v) is 4.65. The van der Waals surface area contributed by atoms with Crippen molar-refractivity contribution in [2.45, 2.75) is 27.6 Å². The molecule has 3 rings (SSSR count). The number of nitrogens with one attached hydrogen (secondary N) is 1. The summed E-state index contributed by atoms with van der Waals surface area (Å²) in [5.74, 6) is -1.60. The molecule has 0 bridgehead atoms. The predicted molar refractivity (Wildman–Crippen MR) is 123 cm³/mol. The van der Waals surface area contributed by atoms with E-state index in [1.807, 2.05) is 0 Å². The lowest BCUT2D eigenvalue weighted by Gasteiger charge is -2.50. The van der Waals surface area contributed by atoms with E-state index in [2.05, 4.69) is 10.1 Å². The molecule has 1 aromatic carbocycles. The predicted octanol–water partition coefficient (Wildman–Crippen LogP) is 2.76. The normalized spacial score (nSPS) is 21.7. The van der Waals surface area contributed by atoms with Crippen molar-refractivity contribution in [2.75, 3.05) is 20.3 Å². The van der Waals surface area contributed by atoms with Crippen molar-refractivity contribution in [3.05, 3.63) is 41.6 Å². The number of rotatable bonds is 7. The van der Waals surface area contributed by atoms with Crippen molar-refractivity contribution in [1.82, 2.24) is 10.2 Å². The first-order chi connectivity index (χ1) is 16.0. The smallest absolute Gasteiger partial charge is 0.484 e. The zero-order valence-electron chi connectivity index (χ0n) is 17.8. The molecule has 0 radical (unpaired) electrons. The van der Waals surface area contributed by atoms with Crippen LogP contribution in [0.1, 0.15) is 6.92 Å². The van der Waals surface area contributed by atoms with Crippen LogP contribution < -0.4 is 10.1 Å². The second-order valence-electron chi connectivity index (χ2n) is 7.01. The van der Waals surface area contributed by atoms with Gasteiger partial charge in [-0.1, -0.05) is 64.8 Å². The highest BCUT2D eigenvalue weighted by Crippen LogP contribution is 2.45. The number of nitrogens with zero attached hydrogens (tertiary/aromatic N) is 1. The van der Waals surface area contributed by atoms with E-state index in [0.717, 1.165) is 23.8 Å². The van der Waals surface area contributed by atoms with Crippen molar-refractivity contribution in [1.29, 1.82) is 0 Å². The molecule has 1 saturated heterocycles. The monoisotopic (exact) mass is 552 g/mol. The minimum absolute atomic E-state index is 0.178. The van der Waals surface area contributed by atoms with Crippen LogP contribution in [-0.4, -0.2) is 69.8 Å². The van der Waals surface area contributed by atoms with Gasteiger partial charge >= 0.3 is 12.1 Å². The lowest BCUT2D eigenvalue weighted by molar-refractivity contribution is -0.153. The number of amides is 2. The first kappa shape index (κ1) is 26.3.